The Kier molecular flexibility index (Phi) is 3.55. The quantitative estimate of drug-likeness (QED) is 0.505. The summed E-state index contributed by atoms with van der Waals surface area (Å²) in [6.45, 7) is 1.18. The SMILES string of the molecule is CC(=O)CC(=O)c1cc(C(F)(F)F)ccc1N. The second-order valence-corrected chi connectivity index (χ2v) is 3.60. The standard InChI is InChI=1S/C11H10F3NO2/c1-6(16)4-10(17)8-5-7(11(12,13)14)2-3-9(8)15/h2-3,5H,4,15H2,1H3. The van der Waals surface area contributed by atoms with E-state index in [0.717, 1.165) is 12.1 Å². The molecule has 0 heterocycles. The Morgan fingerprint density at radius 3 is 2.35 bits per heavy atom. The first-order chi connectivity index (χ1) is 7.71. The molecule has 92 valence electrons. The molecule has 0 saturated carbocycles. The van der Waals surface area contributed by atoms with Crippen molar-refractivity contribution in [1.29, 1.82) is 0 Å². The lowest BCUT2D eigenvalue weighted by Gasteiger charge is -2.10. The lowest BCUT2D eigenvalue weighted by Crippen LogP contribution is -2.11. The molecule has 0 spiro atoms. The van der Waals surface area contributed by atoms with E-state index in [4.69, 9.17) is 5.73 Å². The monoisotopic (exact) mass is 245 g/mol. The first-order valence-corrected chi connectivity index (χ1v) is 4.71. The van der Waals surface area contributed by atoms with E-state index in [1.807, 2.05) is 0 Å². The van der Waals surface area contributed by atoms with Crippen LogP contribution in [0.1, 0.15) is 29.3 Å². The van der Waals surface area contributed by atoms with Gasteiger partial charge in [-0.15, -0.1) is 0 Å². The Morgan fingerprint density at radius 2 is 1.88 bits per heavy atom. The molecule has 3 nitrogen and oxygen atoms in total. The zero-order valence-corrected chi connectivity index (χ0v) is 8.97. The molecule has 0 amide bonds. The van der Waals surface area contributed by atoms with Gasteiger partial charge in [0.1, 0.15) is 5.78 Å². The second kappa shape index (κ2) is 4.57. The highest BCUT2D eigenvalue weighted by Gasteiger charge is 2.31. The Bertz CT molecular complexity index is 466. The highest BCUT2D eigenvalue weighted by Crippen LogP contribution is 2.31. The van der Waals surface area contributed by atoms with Gasteiger partial charge < -0.3 is 5.73 Å². The summed E-state index contributed by atoms with van der Waals surface area (Å²) < 4.78 is 37.2. The minimum Gasteiger partial charge on any atom is -0.398 e. The van der Waals surface area contributed by atoms with E-state index in [9.17, 15) is 22.8 Å². The van der Waals surface area contributed by atoms with Crippen molar-refractivity contribution in [2.24, 2.45) is 0 Å². The smallest absolute Gasteiger partial charge is 0.398 e. The fourth-order valence-electron chi connectivity index (χ4n) is 1.30. The van der Waals surface area contributed by atoms with Crippen LogP contribution < -0.4 is 5.73 Å². The van der Waals surface area contributed by atoms with Crippen molar-refractivity contribution in [1.82, 2.24) is 0 Å². The van der Waals surface area contributed by atoms with E-state index in [1.54, 1.807) is 0 Å². The number of benzene rings is 1. The van der Waals surface area contributed by atoms with Crippen LogP contribution in [0.25, 0.3) is 0 Å². The summed E-state index contributed by atoms with van der Waals surface area (Å²) in [5, 5.41) is 0. The molecule has 0 fully saturated rings. The molecule has 0 radical (unpaired) electrons. The van der Waals surface area contributed by atoms with Crippen molar-refractivity contribution in [2.45, 2.75) is 19.5 Å². The topological polar surface area (TPSA) is 60.2 Å². The number of Topliss-reactive ketones (excluding diaryl/α,β-unsaturated/α-hetero) is 2. The number of carbonyl (C=O) groups excluding carboxylic acids is 2. The van der Waals surface area contributed by atoms with Crippen LogP contribution in [0, 0.1) is 0 Å². The van der Waals surface area contributed by atoms with Crippen LogP contribution in [-0.4, -0.2) is 11.6 Å². The van der Waals surface area contributed by atoms with Gasteiger partial charge in [0.05, 0.1) is 12.0 Å². The molecule has 1 rings (SSSR count). The molecule has 0 aliphatic carbocycles. The van der Waals surface area contributed by atoms with E-state index < -0.39 is 29.7 Å². The van der Waals surface area contributed by atoms with Crippen LogP contribution in [-0.2, 0) is 11.0 Å². The minimum atomic E-state index is -4.54. The van der Waals surface area contributed by atoms with E-state index in [-0.39, 0.29) is 11.3 Å². The van der Waals surface area contributed by atoms with E-state index in [1.165, 1.54) is 6.92 Å². The number of hydrogen-bond acceptors (Lipinski definition) is 3. The number of halogens is 3. The van der Waals surface area contributed by atoms with Crippen LogP contribution in [0.4, 0.5) is 18.9 Å². The third-order valence-corrected chi connectivity index (χ3v) is 2.09. The van der Waals surface area contributed by atoms with E-state index in [0.29, 0.717) is 6.07 Å². The number of nitrogen functional groups attached to an aromatic ring is 1. The van der Waals surface area contributed by atoms with Crippen molar-refractivity contribution in [3.8, 4) is 0 Å². The summed E-state index contributed by atoms with van der Waals surface area (Å²) in [5.41, 5.74) is 4.12. The molecule has 17 heavy (non-hydrogen) atoms. The maximum absolute atomic E-state index is 12.4. The molecule has 0 saturated heterocycles. The summed E-state index contributed by atoms with van der Waals surface area (Å²) in [5.74, 6) is -1.13. The second-order valence-electron chi connectivity index (χ2n) is 3.60. The predicted octanol–water partition coefficient (Wildman–Crippen LogP) is 2.45. The molecule has 1 aromatic carbocycles. The number of hydrogen-bond donors (Lipinski definition) is 1. The molecule has 0 aromatic heterocycles. The molecule has 0 bridgehead atoms. The van der Waals surface area contributed by atoms with Gasteiger partial charge in [-0.3, -0.25) is 9.59 Å². The fourth-order valence-corrected chi connectivity index (χ4v) is 1.30. The van der Waals surface area contributed by atoms with Crippen LogP contribution in [0.3, 0.4) is 0 Å². The van der Waals surface area contributed by atoms with Gasteiger partial charge in [-0.25, -0.2) is 0 Å². The van der Waals surface area contributed by atoms with Gasteiger partial charge in [-0.05, 0) is 25.1 Å². The van der Waals surface area contributed by atoms with E-state index >= 15 is 0 Å². The summed E-state index contributed by atoms with van der Waals surface area (Å²) in [6.07, 6.45) is -5.00. The first kappa shape index (κ1) is 13.2. The Labute approximate surface area is 95.4 Å². The Morgan fingerprint density at radius 1 is 1.29 bits per heavy atom. The van der Waals surface area contributed by atoms with Crippen molar-refractivity contribution in [3.63, 3.8) is 0 Å². The van der Waals surface area contributed by atoms with Crippen LogP contribution in [0.15, 0.2) is 18.2 Å². The molecule has 2 N–H and O–H groups in total. The number of anilines is 1. The summed E-state index contributed by atoms with van der Waals surface area (Å²) >= 11 is 0. The lowest BCUT2D eigenvalue weighted by molar-refractivity contribution is -0.137. The maximum atomic E-state index is 12.4. The van der Waals surface area contributed by atoms with Gasteiger partial charge in [0, 0.05) is 11.3 Å². The van der Waals surface area contributed by atoms with E-state index in [2.05, 4.69) is 0 Å². The Balaban J connectivity index is 3.15. The van der Waals surface area contributed by atoms with Crippen molar-refractivity contribution in [3.05, 3.63) is 29.3 Å². The molecule has 1 aromatic rings. The van der Waals surface area contributed by atoms with Crippen LogP contribution in [0.2, 0.25) is 0 Å². The highest BCUT2D eigenvalue weighted by atomic mass is 19.4. The molecule has 6 heteroatoms. The van der Waals surface area contributed by atoms with Gasteiger partial charge in [0.2, 0.25) is 0 Å². The average Bonchev–Trinajstić information content (AvgIpc) is 2.15. The predicted molar refractivity (Wildman–Crippen MR) is 55.5 cm³/mol. The molecular weight excluding hydrogens is 235 g/mol. The highest BCUT2D eigenvalue weighted by molar-refractivity contribution is 6.10. The fraction of sp³-hybridized carbons (Fsp3) is 0.273. The zero-order chi connectivity index (χ0) is 13.2. The number of nitrogens with two attached hydrogens (primary N) is 1. The first-order valence-electron chi connectivity index (χ1n) is 4.71. The largest absolute Gasteiger partial charge is 0.416 e. The van der Waals surface area contributed by atoms with Crippen molar-refractivity contribution in [2.75, 3.05) is 5.73 Å². The third kappa shape index (κ3) is 3.30. The normalized spacial score (nSPS) is 11.3. The van der Waals surface area contributed by atoms with Gasteiger partial charge in [-0.2, -0.15) is 13.2 Å². The summed E-state index contributed by atoms with van der Waals surface area (Å²) in [7, 11) is 0. The minimum absolute atomic E-state index is 0.0655. The zero-order valence-electron chi connectivity index (χ0n) is 8.97. The van der Waals surface area contributed by atoms with Crippen molar-refractivity contribution >= 4 is 17.3 Å². The summed E-state index contributed by atoms with van der Waals surface area (Å²) in [6, 6.07) is 2.47. The maximum Gasteiger partial charge on any atom is 0.416 e. The molecule has 0 aliphatic rings. The lowest BCUT2D eigenvalue weighted by atomic mass is 10.0. The number of ketones is 2. The van der Waals surface area contributed by atoms with Gasteiger partial charge >= 0.3 is 6.18 Å². The number of rotatable bonds is 3. The molecule has 0 atom stereocenters. The summed E-state index contributed by atoms with van der Waals surface area (Å²) in [4.78, 5) is 22.2. The van der Waals surface area contributed by atoms with Crippen LogP contribution >= 0.6 is 0 Å². The Hall–Kier alpha value is -1.85. The number of alkyl halides is 3. The van der Waals surface area contributed by atoms with Gasteiger partial charge in [-0.1, -0.05) is 0 Å². The van der Waals surface area contributed by atoms with Gasteiger partial charge in [0.25, 0.3) is 0 Å². The molecule has 0 unspecified atom stereocenters. The van der Waals surface area contributed by atoms with Crippen LogP contribution in [0.5, 0.6) is 0 Å². The van der Waals surface area contributed by atoms with Crippen molar-refractivity contribution < 1.29 is 22.8 Å². The average molecular weight is 245 g/mol. The van der Waals surface area contributed by atoms with Gasteiger partial charge in [0.15, 0.2) is 5.78 Å². The third-order valence-electron chi connectivity index (χ3n) is 2.09. The molecular formula is C11H10F3NO2. The number of carbonyl (C=O) groups is 2. The molecule has 0 aliphatic heterocycles.